The summed E-state index contributed by atoms with van der Waals surface area (Å²) in [6.07, 6.45) is 1.55. The van der Waals surface area contributed by atoms with Crippen LogP contribution in [0.5, 0.6) is 5.88 Å². The Morgan fingerprint density at radius 1 is 1.50 bits per heavy atom. The number of hydrogen-bond donors (Lipinski definition) is 1. The van der Waals surface area contributed by atoms with E-state index in [1.165, 1.54) is 13.4 Å². The Kier molecular flexibility index (Phi) is 4.18. The molecule has 0 fully saturated rings. The molecule has 7 heteroatoms. The van der Waals surface area contributed by atoms with Crippen molar-refractivity contribution in [3.8, 4) is 5.88 Å². The normalized spacial score (nSPS) is 13.2. The Morgan fingerprint density at radius 2 is 2.11 bits per heavy atom. The van der Waals surface area contributed by atoms with Gasteiger partial charge in [0.1, 0.15) is 12.0 Å². The van der Waals surface area contributed by atoms with Crippen molar-refractivity contribution < 1.29 is 9.66 Å². The molecule has 1 heterocycles. The van der Waals surface area contributed by atoms with E-state index in [0.29, 0.717) is 12.1 Å². The van der Waals surface area contributed by atoms with E-state index >= 15 is 0 Å². The van der Waals surface area contributed by atoms with E-state index in [2.05, 4.69) is 9.97 Å². The number of methoxy groups -OCH3 is 1. The molecular weight excluding hydrogens is 236 g/mol. The molecule has 2 N–H and O–H groups in total. The maximum Gasteiger partial charge on any atom is 0.352 e. The van der Waals surface area contributed by atoms with Gasteiger partial charge in [0.2, 0.25) is 0 Å². The van der Waals surface area contributed by atoms with Crippen LogP contribution in [0, 0.1) is 15.5 Å². The fraction of sp³-hybridized carbons (Fsp3) is 0.636. The largest absolute Gasteiger partial charge is 0.476 e. The second-order valence-electron chi connectivity index (χ2n) is 5.11. The van der Waals surface area contributed by atoms with Crippen molar-refractivity contribution in [3.05, 3.63) is 22.1 Å². The Morgan fingerprint density at radius 3 is 2.56 bits per heavy atom. The van der Waals surface area contributed by atoms with Crippen molar-refractivity contribution in [2.75, 3.05) is 7.11 Å². The van der Waals surface area contributed by atoms with Gasteiger partial charge in [-0.25, -0.2) is 4.98 Å². The summed E-state index contributed by atoms with van der Waals surface area (Å²) in [5.41, 5.74) is 5.95. The number of nitrogens with zero attached hydrogens (tertiary/aromatic N) is 3. The van der Waals surface area contributed by atoms with Gasteiger partial charge >= 0.3 is 5.69 Å². The van der Waals surface area contributed by atoms with Gasteiger partial charge in [0.05, 0.1) is 12.0 Å². The topological polar surface area (TPSA) is 104 Å². The minimum atomic E-state index is -0.538. The van der Waals surface area contributed by atoms with Gasteiger partial charge < -0.3 is 10.5 Å². The highest BCUT2D eigenvalue weighted by molar-refractivity contribution is 5.45. The zero-order valence-corrected chi connectivity index (χ0v) is 11.0. The predicted octanol–water partition coefficient (Wildman–Crippen LogP) is 1.31. The average molecular weight is 254 g/mol. The van der Waals surface area contributed by atoms with Crippen LogP contribution in [-0.2, 0) is 6.42 Å². The van der Waals surface area contributed by atoms with Crippen LogP contribution in [0.3, 0.4) is 0 Å². The van der Waals surface area contributed by atoms with Gasteiger partial charge in [0, 0.05) is 12.5 Å². The lowest BCUT2D eigenvalue weighted by Crippen LogP contribution is -2.37. The summed E-state index contributed by atoms with van der Waals surface area (Å²) >= 11 is 0. The van der Waals surface area contributed by atoms with Gasteiger partial charge in [0.15, 0.2) is 0 Å². The number of nitro groups is 1. The highest BCUT2D eigenvalue weighted by Crippen LogP contribution is 2.29. The third kappa shape index (κ3) is 3.13. The summed E-state index contributed by atoms with van der Waals surface area (Å²) in [5.74, 6) is -0.0360. The van der Waals surface area contributed by atoms with Crippen molar-refractivity contribution in [2.24, 2.45) is 11.1 Å². The molecule has 18 heavy (non-hydrogen) atoms. The minimum absolute atomic E-state index is 0.0360. The first-order chi connectivity index (χ1) is 8.27. The maximum atomic E-state index is 11.0. The summed E-state index contributed by atoms with van der Waals surface area (Å²) in [4.78, 5) is 18.2. The Hall–Kier alpha value is -1.76. The molecule has 1 aromatic rings. The lowest BCUT2D eigenvalue weighted by molar-refractivity contribution is -0.387. The molecule has 1 aromatic heterocycles. The molecule has 0 aliphatic heterocycles. The van der Waals surface area contributed by atoms with Gasteiger partial charge in [-0.05, 0) is 5.41 Å². The fourth-order valence-electron chi connectivity index (χ4n) is 1.39. The van der Waals surface area contributed by atoms with Crippen molar-refractivity contribution in [3.63, 3.8) is 0 Å². The Balaban J connectivity index is 3.13. The lowest BCUT2D eigenvalue weighted by atomic mass is 9.84. The van der Waals surface area contributed by atoms with Crippen molar-refractivity contribution in [1.82, 2.24) is 9.97 Å². The molecule has 100 valence electrons. The first kappa shape index (κ1) is 14.3. The third-order valence-electron chi connectivity index (χ3n) is 2.77. The van der Waals surface area contributed by atoms with Crippen LogP contribution in [0.2, 0.25) is 0 Å². The molecule has 0 bridgehead atoms. The van der Waals surface area contributed by atoms with Gasteiger partial charge in [-0.3, -0.25) is 10.1 Å². The molecule has 0 aromatic carbocycles. The van der Waals surface area contributed by atoms with Gasteiger partial charge in [-0.15, -0.1) is 0 Å². The summed E-state index contributed by atoms with van der Waals surface area (Å²) in [6, 6.07) is -0.240. The molecular formula is C11H18N4O3. The van der Waals surface area contributed by atoms with Crippen LogP contribution in [0.4, 0.5) is 5.69 Å². The summed E-state index contributed by atoms with van der Waals surface area (Å²) < 4.78 is 4.88. The third-order valence-corrected chi connectivity index (χ3v) is 2.77. The smallest absolute Gasteiger partial charge is 0.352 e. The average Bonchev–Trinajstić information content (AvgIpc) is 2.26. The SMILES string of the molecule is COc1ncnc(CC(N)C(C)(C)C)c1[N+](=O)[O-]. The maximum absolute atomic E-state index is 11.0. The molecule has 0 spiro atoms. The van der Waals surface area contributed by atoms with E-state index in [0.717, 1.165) is 0 Å². The first-order valence-electron chi connectivity index (χ1n) is 5.55. The molecule has 1 unspecified atom stereocenters. The lowest BCUT2D eigenvalue weighted by Gasteiger charge is -2.26. The van der Waals surface area contributed by atoms with Gasteiger partial charge in [-0.2, -0.15) is 4.98 Å². The predicted molar refractivity (Wildman–Crippen MR) is 66.4 cm³/mol. The van der Waals surface area contributed by atoms with Crippen molar-refractivity contribution in [2.45, 2.75) is 33.2 Å². The summed E-state index contributed by atoms with van der Waals surface area (Å²) in [5, 5.41) is 11.0. The highest BCUT2D eigenvalue weighted by Gasteiger charge is 2.28. The number of nitrogens with two attached hydrogens (primary N) is 1. The number of hydrogen-bond acceptors (Lipinski definition) is 6. The quantitative estimate of drug-likeness (QED) is 0.641. The van der Waals surface area contributed by atoms with Gasteiger partial charge in [-0.1, -0.05) is 20.8 Å². The van der Waals surface area contributed by atoms with Gasteiger partial charge in [0.25, 0.3) is 5.88 Å². The van der Waals surface area contributed by atoms with E-state index in [1.807, 2.05) is 20.8 Å². The summed E-state index contributed by atoms with van der Waals surface area (Å²) in [6.45, 7) is 5.92. The van der Waals surface area contributed by atoms with E-state index in [-0.39, 0.29) is 23.0 Å². The van der Waals surface area contributed by atoms with Crippen LogP contribution >= 0.6 is 0 Å². The minimum Gasteiger partial charge on any atom is -0.476 e. The molecule has 7 nitrogen and oxygen atoms in total. The number of ether oxygens (including phenoxy) is 1. The molecule has 0 aliphatic carbocycles. The van der Waals surface area contributed by atoms with Crippen LogP contribution < -0.4 is 10.5 Å². The molecule has 0 saturated heterocycles. The van der Waals surface area contributed by atoms with Crippen molar-refractivity contribution >= 4 is 5.69 Å². The highest BCUT2D eigenvalue weighted by atomic mass is 16.6. The van der Waals surface area contributed by atoms with Crippen LogP contribution in [0.15, 0.2) is 6.33 Å². The Bertz CT molecular complexity index is 442. The van der Waals surface area contributed by atoms with E-state index in [1.54, 1.807) is 0 Å². The van der Waals surface area contributed by atoms with Crippen LogP contribution in [0.1, 0.15) is 26.5 Å². The standard InChI is InChI=1S/C11H18N4O3/c1-11(2,3)8(12)5-7-9(15(16)17)10(18-4)14-6-13-7/h6,8H,5,12H2,1-4H3. The number of rotatable bonds is 4. The Labute approximate surface area is 106 Å². The van der Waals surface area contributed by atoms with Crippen molar-refractivity contribution in [1.29, 1.82) is 0 Å². The first-order valence-corrected chi connectivity index (χ1v) is 5.55. The zero-order valence-electron chi connectivity index (χ0n) is 11.0. The van der Waals surface area contributed by atoms with Crippen LogP contribution in [0.25, 0.3) is 0 Å². The zero-order chi connectivity index (χ0) is 13.9. The molecule has 0 saturated carbocycles. The molecule has 1 atom stereocenters. The second-order valence-corrected chi connectivity index (χ2v) is 5.11. The molecule has 0 amide bonds. The van der Waals surface area contributed by atoms with E-state index < -0.39 is 4.92 Å². The summed E-state index contributed by atoms with van der Waals surface area (Å²) in [7, 11) is 1.34. The fourth-order valence-corrected chi connectivity index (χ4v) is 1.39. The molecule has 0 radical (unpaired) electrons. The molecule has 0 aliphatic rings. The number of aromatic nitrogens is 2. The van der Waals surface area contributed by atoms with E-state index in [9.17, 15) is 10.1 Å². The second kappa shape index (κ2) is 5.26. The van der Waals surface area contributed by atoms with E-state index in [4.69, 9.17) is 10.5 Å². The monoisotopic (exact) mass is 254 g/mol. The molecule has 1 rings (SSSR count). The van der Waals surface area contributed by atoms with Crippen LogP contribution in [-0.4, -0.2) is 28.0 Å².